The number of pyridine rings is 1. The highest BCUT2D eigenvalue weighted by atomic mass is 16.5. The Bertz CT molecular complexity index is 1010. The standard InChI is InChI=1S/C19H19N5O3/c1-20-19(26)24-9-7-12-10-14(4-5-16(12)24)27-15-6-8-21-17(11-15)23-18(25)22-13-2-3-13/h4-11,13H,2-3H2,1H3,(H,20,26)(H2,21,22,23,25). The number of urea groups is 1. The van der Waals surface area contributed by atoms with Crippen LogP contribution in [0.15, 0.2) is 48.8 Å². The molecule has 0 spiro atoms. The van der Waals surface area contributed by atoms with E-state index in [2.05, 4.69) is 20.9 Å². The van der Waals surface area contributed by atoms with E-state index in [9.17, 15) is 9.59 Å². The Morgan fingerprint density at radius 3 is 2.74 bits per heavy atom. The van der Waals surface area contributed by atoms with E-state index in [1.54, 1.807) is 37.6 Å². The first kappa shape index (κ1) is 16.9. The van der Waals surface area contributed by atoms with E-state index in [1.165, 1.54) is 4.57 Å². The second kappa shape index (κ2) is 6.99. The molecule has 1 aliphatic rings. The van der Waals surface area contributed by atoms with Gasteiger partial charge in [0.1, 0.15) is 17.3 Å². The summed E-state index contributed by atoms with van der Waals surface area (Å²) in [6, 6.07) is 10.5. The molecule has 0 atom stereocenters. The summed E-state index contributed by atoms with van der Waals surface area (Å²) in [6.07, 6.45) is 5.32. The van der Waals surface area contributed by atoms with E-state index in [1.807, 2.05) is 18.2 Å². The minimum absolute atomic E-state index is 0.201. The average molecular weight is 365 g/mol. The van der Waals surface area contributed by atoms with Crippen LogP contribution in [0.1, 0.15) is 12.8 Å². The molecule has 8 heteroatoms. The maximum absolute atomic E-state index is 11.8. The van der Waals surface area contributed by atoms with Crippen molar-refractivity contribution in [2.75, 3.05) is 12.4 Å². The van der Waals surface area contributed by atoms with Crippen molar-refractivity contribution in [2.45, 2.75) is 18.9 Å². The largest absolute Gasteiger partial charge is 0.457 e. The van der Waals surface area contributed by atoms with Gasteiger partial charge in [0.05, 0.1) is 5.52 Å². The van der Waals surface area contributed by atoms with Gasteiger partial charge >= 0.3 is 12.1 Å². The fraction of sp³-hybridized carbons (Fsp3) is 0.211. The molecule has 4 rings (SSSR count). The third-order valence-corrected chi connectivity index (χ3v) is 4.22. The molecule has 3 N–H and O–H groups in total. The van der Waals surface area contributed by atoms with Crippen LogP contribution in [0.4, 0.5) is 15.4 Å². The van der Waals surface area contributed by atoms with Gasteiger partial charge in [0.2, 0.25) is 0 Å². The Morgan fingerprint density at radius 2 is 1.96 bits per heavy atom. The number of aromatic nitrogens is 2. The summed E-state index contributed by atoms with van der Waals surface area (Å²) in [6.45, 7) is 0. The topological polar surface area (TPSA) is 97.3 Å². The summed E-state index contributed by atoms with van der Waals surface area (Å²) in [4.78, 5) is 27.8. The van der Waals surface area contributed by atoms with Crippen LogP contribution in [-0.4, -0.2) is 34.7 Å². The van der Waals surface area contributed by atoms with Gasteiger partial charge in [-0.2, -0.15) is 0 Å². The number of rotatable bonds is 4. The van der Waals surface area contributed by atoms with Gasteiger partial charge in [-0.3, -0.25) is 9.88 Å². The Morgan fingerprint density at radius 1 is 1.15 bits per heavy atom. The van der Waals surface area contributed by atoms with Gasteiger partial charge in [0, 0.05) is 36.9 Å². The number of hydrogen-bond donors (Lipinski definition) is 3. The lowest BCUT2D eigenvalue weighted by Crippen LogP contribution is -2.30. The number of benzene rings is 1. The molecule has 3 aromatic rings. The van der Waals surface area contributed by atoms with E-state index in [-0.39, 0.29) is 18.1 Å². The summed E-state index contributed by atoms with van der Waals surface area (Å²) >= 11 is 0. The van der Waals surface area contributed by atoms with Crippen molar-refractivity contribution in [1.29, 1.82) is 0 Å². The molecule has 138 valence electrons. The third kappa shape index (κ3) is 3.84. The summed E-state index contributed by atoms with van der Waals surface area (Å²) in [5, 5.41) is 9.02. The Balaban J connectivity index is 1.49. The number of fused-ring (bicyclic) bond motifs is 1. The maximum atomic E-state index is 11.8. The fourth-order valence-corrected chi connectivity index (χ4v) is 2.73. The van der Waals surface area contributed by atoms with Crippen molar-refractivity contribution in [3.8, 4) is 11.5 Å². The minimum atomic E-state index is -0.265. The van der Waals surface area contributed by atoms with Crippen LogP contribution in [0.2, 0.25) is 0 Å². The zero-order chi connectivity index (χ0) is 18.8. The summed E-state index contributed by atoms with van der Waals surface area (Å²) < 4.78 is 7.41. The number of ether oxygens (including phenoxy) is 1. The van der Waals surface area contributed by atoms with Gasteiger partial charge in [-0.1, -0.05) is 0 Å². The highest BCUT2D eigenvalue weighted by Crippen LogP contribution is 2.27. The SMILES string of the molecule is CNC(=O)n1ccc2cc(Oc3ccnc(NC(=O)NC4CC4)c3)ccc21. The highest BCUT2D eigenvalue weighted by molar-refractivity contribution is 5.92. The van der Waals surface area contributed by atoms with Gasteiger partial charge in [-0.15, -0.1) is 0 Å². The van der Waals surface area contributed by atoms with Crippen LogP contribution in [0.3, 0.4) is 0 Å². The number of amides is 3. The van der Waals surface area contributed by atoms with Gasteiger partial charge in [-0.05, 0) is 43.2 Å². The van der Waals surface area contributed by atoms with Crippen LogP contribution in [-0.2, 0) is 0 Å². The number of nitrogens with zero attached hydrogens (tertiary/aromatic N) is 2. The van der Waals surface area contributed by atoms with Gasteiger partial charge in [-0.25, -0.2) is 14.6 Å². The Labute approximate surface area is 155 Å². The molecule has 0 radical (unpaired) electrons. The van der Waals surface area contributed by atoms with Crippen LogP contribution < -0.4 is 20.7 Å². The number of nitrogens with one attached hydrogen (secondary N) is 3. The van der Waals surface area contributed by atoms with Crippen LogP contribution in [0.5, 0.6) is 11.5 Å². The van der Waals surface area contributed by atoms with E-state index in [0.717, 1.165) is 23.7 Å². The minimum Gasteiger partial charge on any atom is -0.457 e. The first-order valence-electron chi connectivity index (χ1n) is 8.67. The molecule has 1 aromatic carbocycles. The van der Waals surface area contributed by atoms with Gasteiger partial charge in [0.15, 0.2) is 0 Å². The molecular weight excluding hydrogens is 346 g/mol. The van der Waals surface area contributed by atoms with Crippen molar-refractivity contribution in [1.82, 2.24) is 20.2 Å². The van der Waals surface area contributed by atoms with Crippen molar-refractivity contribution in [3.05, 3.63) is 48.8 Å². The first-order valence-corrected chi connectivity index (χ1v) is 8.67. The maximum Gasteiger partial charge on any atom is 0.325 e. The molecule has 0 bridgehead atoms. The lowest BCUT2D eigenvalue weighted by atomic mass is 10.2. The quantitative estimate of drug-likeness (QED) is 0.661. The van der Waals surface area contributed by atoms with Crippen molar-refractivity contribution < 1.29 is 14.3 Å². The highest BCUT2D eigenvalue weighted by Gasteiger charge is 2.23. The second-order valence-corrected chi connectivity index (χ2v) is 6.31. The van der Waals surface area contributed by atoms with Crippen LogP contribution >= 0.6 is 0 Å². The Kier molecular flexibility index (Phi) is 4.37. The molecule has 0 unspecified atom stereocenters. The average Bonchev–Trinajstić information content (AvgIpc) is 3.37. The second-order valence-electron chi connectivity index (χ2n) is 6.31. The third-order valence-electron chi connectivity index (χ3n) is 4.22. The fourth-order valence-electron chi connectivity index (χ4n) is 2.73. The normalized spacial score (nSPS) is 13.2. The van der Waals surface area contributed by atoms with Crippen LogP contribution in [0, 0.1) is 0 Å². The van der Waals surface area contributed by atoms with Crippen molar-refractivity contribution in [2.24, 2.45) is 0 Å². The molecule has 2 aromatic heterocycles. The molecule has 1 saturated carbocycles. The van der Waals surface area contributed by atoms with Crippen molar-refractivity contribution in [3.63, 3.8) is 0 Å². The molecule has 3 amide bonds. The Hall–Kier alpha value is -3.55. The lowest BCUT2D eigenvalue weighted by Gasteiger charge is -2.09. The van der Waals surface area contributed by atoms with E-state index in [0.29, 0.717) is 17.3 Å². The van der Waals surface area contributed by atoms with Gasteiger partial charge in [0.25, 0.3) is 0 Å². The zero-order valence-corrected chi connectivity index (χ0v) is 14.7. The number of carbonyl (C=O) groups is 2. The molecule has 8 nitrogen and oxygen atoms in total. The smallest absolute Gasteiger partial charge is 0.325 e. The summed E-state index contributed by atoms with van der Waals surface area (Å²) in [7, 11) is 1.59. The monoisotopic (exact) mass is 365 g/mol. The number of carbonyl (C=O) groups excluding carboxylic acids is 2. The zero-order valence-electron chi connectivity index (χ0n) is 14.7. The van der Waals surface area contributed by atoms with E-state index in [4.69, 9.17) is 4.74 Å². The predicted molar refractivity (Wildman–Crippen MR) is 101 cm³/mol. The van der Waals surface area contributed by atoms with Crippen molar-refractivity contribution >= 4 is 28.8 Å². The molecule has 1 fully saturated rings. The summed E-state index contributed by atoms with van der Waals surface area (Å²) in [5.74, 6) is 1.59. The molecule has 0 saturated heterocycles. The molecule has 27 heavy (non-hydrogen) atoms. The van der Waals surface area contributed by atoms with Gasteiger partial charge < -0.3 is 15.4 Å². The van der Waals surface area contributed by atoms with Crippen LogP contribution in [0.25, 0.3) is 10.9 Å². The molecule has 1 aliphatic carbocycles. The predicted octanol–water partition coefficient (Wildman–Crippen LogP) is 3.30. The molecule has 2 heterocycles. The van der Waals surface area contributed by atoms with E-state index < -0.39 is 0 Å². The lowest BCUT2D eigenvalue weighted by molar-refractivity contribution is 0.245. The molecular formula is C19H19N5O3. The first-order chi connectivity index (χ1) is 13.1. The molecule has 0 aliphatic heterocycles. The van der Waals surface area contributed by atoms with E-state index >= 15 is 0 Å². The summed E-state index contributed by atoms with van der Waals surface area (Å²) in [5.41, 5.74) is 0.788. The number of anilines is 1. The number of hydrogen-bond acceptors (Lipinski definition) is 4.